The first-order chi connectivity index (χ1) is 12.0. The summed E-state index contributed by atoms with van der Waals surface area (Å²) in [5, 5.41) is 14.9. The number of carbonyl (C=O) groups is 1. The van der Waals surface area contributed by atoms with Crippen molar-refractivity contribution in [1.29, 1.82) is 0 Å². The molecule has 2 aromatic rings. The van der Waals surface area contributed by atoms with Gasteiger partial charge in [-0.3, -0.25) is 14.9 Å². The van der Waals surface area contributed by atoms with Crippen LogP contribution in [0.3, 0.4) is 0 Å². The van der Waals surface area contributed by atoms with Gasteiger partial charge < -0.3 is 10.6 Å². The van der Waals surface area contributed by atoms with Gasteiger partial charge in [0, 0.05) is 37.5 Å². The van der Waals surface area contributed by atoms with Gasteiger partial charge in [0.05, 0.1) is 22.4 Å². The second-order valence-corrected chi connectivity index (χ2v) is 6.46. The molecule has 1 aromatic carbocycles. The van der Waals surface area contributed by atoms with E-state index in [9.17, 15) is 14.9 Å². The molecule has 132 valence electrons. The second kappa shape index (κ2) is 7.02. The van der Waals surface area contributed by atoms with E-state index in [2.05, 4.69) is 5.10 Å². The van der Waals surface area contributed by atoms with E-state index in [0.29, 0.717) is 23.7 Å². The fraction of sp³-hybridized carbons (Fsp3) is 0.412. The summed E-state index contributed by atoms with van der Waals surface area (Å²) in [6, 6.07) is 6.10. The minimum atomic E-state index is -0.451. The third-order valence-corrected chi connectivity index (χ3v) is 4.64. The first-order valence-corrected chi connectivity index (χ1v) is 8.30. The van der Waals surface area contributed by atoms with Gasteiger partial charge in [-0.25, -0.2) is 4.68 Å². The van der Waals surface area contributed by atoms with Gasteiger partial charge in [-0.2, -0.15) is 5.10 Å². The average Bonchev–Trinajstić information content (AvgIpc) is 3.11. The summed E-state index contributed by atoms with van der Waals surface area (Å²) in [4.78, 5) is 24.8. The number of nitrogens with two attached hydrogens (primary N) is 1. The molecule has 2 atom stereocenters. The van der Waals surface area contributed by atoms with Gasteiger partial charge in [0.2, 0.25) is 0 Å². The van der Waals surface area contributed by atoms with Crippen molar-refractivity contribution in [2.24, 2.45) is 11.7 Å². The minimum absolute atomic E-state index is 0.0162. The second-order valence-electron chi connectivity index (χ2n) is 6.46. The van der Waals surface area contributed by atoms with E-state index in [4.69, 9.17) is 5.73 Å². The average molecular weight is 343 g/mol. The molecule has 2 N–H and O–H groups in total. The molecule has 0 bridgehead atoms. The molecule has 1 aliphatic rings. The topological polar surface area (TPSA) is 107 Å². The highest BCUT2D eigenvalue weighted by Crippen LogP contribution is 2.21. The summed E-state index contributed by atoms with van der Waals surface area (Å²) >= 11 is 0. The Morgan fingerprint density at radius 3 is 2.76 bits per heavy atom. The number of non-ortho nitro benzene ring substituents is 1. The highest BCUT2D eigenvalue weighted by atomic mass is 16.6. The van der Waals surface area contributed by atoms with Crippen LogP contribution in [-0.2, 0) is 0 Å². The predicted molar refractivity (Wildman–Crippen MR) is 92.5 cm³/mol. The van der Waals surface area contributed by atoms with Gasteiger partial charge >= 0.3 is 0 Å². The van der Waals surface area contributed by atoms with Crippen LogP contribution in [0.4, 0.5) is 5.69 Å². The molecule has 0 radical (unpaired) electrons. The predicted octanol–water partition coefficient (Wildman–Crippen LogP) is 1.98. The largest absolute Gasteiger partial charge is 0.338 e. The van der Waals surface area contributed by atoms with Crippen molar-refractivity contribution >= 4 is 11.6 Å². The van der Waals surface area contributed by atoms with Crippen molar-refractivity contribution in [3.63, 3.8) is 0 Å². The lowest BCUT2D eigenvalue weighted by Crippen LogP contribution is -2.45. The molecule has 25 heavy (non-hydrogen) atoms. The van der Waals surface area contributed by atoms with Crippen molar-refractivity contribution in [2.45, 2.75) is 25.8 Å². The Morgan fingerprint density at radius 1 is 1.40 bits per heavy atom. The number of likely N-dealkylation sites (tertiary alicyclic amines) is 1. The number of rotatable bonds is 4. The number of benzene rings is 1. The molecule has 8 nitrogen and oxygen atoms in total. The summed E-state index contributed by atoms with van der Waals surface area (Å²) in [5.74, 6) is 0.265. The Bertz CT molecular complexity index is 769. The zero-order valence-corrected chi connectivity index (χ0v) is 14.0. The minimum Gasteiger partial charge on any atom is -0.338 e. The van der Waals surface area contributed by atoms with Crippen LogP contribution < -0.4 is 5.73 Å². The summed E-state index contributed by atoms with van der Waals surface area (Å²) < 4.78 is 1.55. The van der Waals surface area contributed by atoms with Crippen molar-refractivity contribution in [1.82, 2.24) is 14.7 Å². The molecule has 0 aliphatic carbocycles. The lowest BCUT2D eigenvalue weighted by Gasteiger charge is -2.34. The smallest absolute Gasteiger partial charge is 0.269 e. The fourth-order valence-corrected chi connectivity index (χ4v) is 3.11. The van der Waals surface area contributed by atoms with Crippen LogP contribution in [0.2, 0.25) is 0 Å². The van der Waals surface area contributed by atoms with Crippen LogP contribution in [0, 0.1) is 16.0 Å². The van der Waals surface area contributed by atoms with Crippen LogP contribution >= 0.6 is 0 Å². The normalized spacial score (nSPS) is 18.8. The maximum absolute atomic E-state index is 12.7. The van der Waals surface area contributed by atoms with Gasteiger partial charge in [0.25, 0.3) is 11.6 Å². The van der Waals surface area contributed by atoms with E-state index in [-0.39, 0.29) is 17.6 Å². The number of hydrogen-bond acceptors (Lipinski definition) is 5. The molecular formula is C17H21N5O3. The van der Waals surface area contributed by atoms with Crippen LogP contribution in [0.1, 0.15) is 30.1 Å². The van der Waals surface area contributed by atoms with Gasteiger partial charge in [-0.1, -0.05) is 0 Å². The lowest BCUT2D eigenvalue weighted by molar-refractivity contribution is -0.384. The summed E-state index contributed by atoms with van der Waals surface area (Å²) in [6.07, 6.45) is 5.18. The van der Waals surface area contributed by atoms with E-state index >= 15 is 0 Å². The zero-order chi connectivity index (χ0) is 18.0. The van der Waals surface area contributed by atoms with Crippen LogP contribution in [0.25, 0.3) is 5.69 Å². The van der Waals surface area contributed by atoms with Gasteiger partial charge in [-0.15, -0.1) is 0 Å². The van der Waals surface area contributed by atoms with Crippen molar-refractivity contribution in [3.05, 3.63) is 52.3 Å². The summed E-state index contributed by atoms with van der Waals surface area (Å²) in [5.41, 5.74) is 7.16. The van der Waals surface area contributed by atoms with E-state index in [1.807, 2.05) is 11.8 Å². The van der Waals surface area contributed by atoms with Crippen molar-refractivity contribution in [3.8, 4) is 5.69 Å². The molecule has 3 rings (SSSR count). The number of nitrogens with zero attached hydrogens (tertiary/aromatic N) is 4. The van der Waals surface area contributed by atoms with Crippen LogP contribution in [0.5, 0.6) is 0 Å². The fourth-order valence-electron chi connectivity index (χ4n) is 3.11. The molecule has 1 saturated heterocycles. The number of nitro benzene ring substituents is 1. The SMILES string of the molecule is CC(N)C1CCCN(C(=O)c2cnn(-c3ccc([N+](=O)[O-])cc3)c2)C1. The number of amides is 1. The Labute approximate surface area is 145 Å². The maximum atomic E-state index is 12.7. The molecule has 0 spiro atoms. The zero-order valence-electron chi connectivity index (χ0n) is 14.0. The highest BCUT2D eigenvalue weighted by molar-refractivity contribution is 5.93. The Kier molecular flexibility index (Phi) is 4.80. The molecule has 1 amide bonds. The number of carbonyl (C=O) groups excluding carboxylic acids is 1. The molecule has 1 fully saturated rings. The Morgan fingerprint density at radius 2 is 2.12 bits per heavy atom. The third-order valence-electron chi connectivity index (χ3n) is 4.64. The third kappa shape index (κ3) is 3.69. The van der Waals surface area contributed by atoms with Gasteiger partial charge in [-0.05, 0) is 37.8 Å². The van der Waals surface area contributed by atoms with E-state index in [0.717, 1.165) is 19.4 Å². The van der Waals surface area contributed by atoms with E-state index < -0.39 is 4.92 Å². The number of nitro groups is 1. The summed E-state index contributed by atoms with van der Waals surface area (Å²) in [7, 11) is 0. The maximum Gasteiger partial charge on any atom is 0.269 e. The van der Waals surface area contributed by atoms with Crippen LogP contribution in [0.15, 0.2) is 36.7 Å². The lowest BCUT2D eigenvalue weighted by atomic mass is 9.92. The number of hydrogen-bond donors (Lipinski definition) is 1. The Balaban J connectivity index is 1.74. The molecule has 0 saturated carbocycles. The monoisotopic (exact) mass is 343 g/mol. The molecule has 1 aromatic heterocycles. The Hall–Kier alpha value is -2.74. The van der Waals surface area contributed by atoms with E-state index in [1.165, 1.54) is 18.3 Å². The van der Waals surface area contributed by atoms with Crippen molar-refractivity contribution in [2.75, 3.05) is 13.1 Å². The van der Waals surface area contributed by atoms with Gasteiger partial charge in [0.15, 0.2) is 0 Å². The molecule has 1 aliphatic heterocycles. The number of aromatic nitrogens is 2. The first kappa shape index (κ1) is 17.1. The molecule has 8 heteroatoms. The van der Waals surface area contributed by atoms with Crippen molar-refractivity contribution < 1.29 is 9.72 Å². The van der Waals surface area contributed by atoms with E-state index in [1.54, 1.807) is 23.0 Å². The molecule has 2 heterocycles. The first-order valence-electron chi connectivity index (χ1n) is 8.30. The summed E-state index contributed by atoms with van der Waals surface area (Å²) in [6.45, 7) is 3.37. The quantitative estimate of drug-likeness (QED) is 0.674. The highest BCUT2D eigenvalue weighted by Gasteiger charge is 2.27. The standard InChI is InChI=1S/C17H21N5O3/c1-12(18)13-3-2-8-20(10-13)17(23)14-9-19-21(11-14)15-4-6-16(7-5-15)22(24)25/h4-7,9,11-13H,2-3,8,10,18H2,1H3. The molecule has 2 unspecified atom stereocenters. The number of piperidine rings is 1. The van der Waals surface area contributed by atoms with Gasteiger partial charge in [0.1, 0.15) is 0 Å². The molecular weight excluding hydrogens is 322 g/mol. The van der Waals surface area contributed by atoms with Crippen LogP contribution in [-0.4, -0.2) is 44.6 Å².